The van der Waals surface area contributed by atoms with Crippen molar-refractivity contribution >= 4 is 11.6 Å². The van der Waals surface area contributed by atoms with Gasteiger partial charge in [0.15, 0.2) is 0 Å². The van der Waals surface area contributed by atoms with Crippen LogP contribution in [-0.2, 0) is 0 Å². The molecular formula is C15H12N2O2. The summed E-state index contributed by atoms with van der Waals surface area (Å²) in [5, 5.41) is 18.2. The van der Waals surface area contributed by atoms with Crippen LogP contribution in [0.25, 0.3) is 0 Å². The van der Waals surface area contributed by atoms with Crippen LogP contribution in [0.4, 0.5) is 5.69 Å². The number of aromatic hydroxyl groups is 1. The van der Waals surface area contributed by atoms with Gasteiger partial charge in [-0.2, -0.15) is 5.26 Å². The molecule has 0 radical (unpaired) electrons. The zero-order valence-electron chi connectivity index (χ0n) is 10.4. The summed E-state index contributed by atoms with van der Waals surface area (Å²) in [5.74, 6) is -0.134. The number of phenols is 1. The normalized spacial score (nSPS) is 9.68. The van der Waals surface area contributed by atoms with Crippen molar-refractivity contribution in [2.75, 3.05) is 11.9 Å². The molecule has 0 saturated carbocycles. The van der Waals surface area contributed by atoms with Gasteiger partial charge >= 0.3 is 0 Å². The molecule has 4 nitrogen and oxygen atoms in total. The van der Waals surface area contributed by atoms with Gasteiger partial charge in [-0.15, -0.1) is 0 Å². The summed E-state index contributed by atoms with van der Waals surface area (Å²) in [6, 6.07) is 15.0. The van der Waals surface area contributed by atoms with Gasteiger partial charge in [-0.3, -0.25) is 4.79 Å². The first-order chi connectivity index (χ1) is 9.11. The van der Waals surface area contributed by atoms with Gasteiger partial charge in [-0.1, -0.05) is 12.1 Å². The Labute approximate surface area is 111 Å². The van der Waals surface area contributed by atoms with Gasteiger partial charge in [0.25, 0.3) is 5.91 Å². The minimum absolute atomic E-state index is 0.0999. The number of benzene rings is 2. The lowest BCUT2D eigenvalue weighted by molar-refractivity contribution is 0.0993. The third-order valence-electron chi connectivity index (χ3n) is 2.76. The largest absolute Gasteiger partial charge is 0.508 e. The number of nitriles is 1. The Bertz CT molecular complexity index is 659. The van der Waals surface area contributed by atoms with E-state index in [-0.39, 0.29) is 11.7 Å². The SMILES string of the molecule is CN(C(=O)c1cccc(C#N)c1)c1cccc(O)c1. The van der Waals surface area contributed by atoms with Gasteiger partial charge in [0.1, 0.15) is 5.75 Å². The first-order valence-electron chi connectivity index (χ1n) is 5.69. The molecule has 0 aliphatic carbocycles. The summed E-state index contributed by atoms with van der Waals surface area (Å²) in [4.78, 5) is 13.7. The zero-order chi connectivity index (χ0) is 13.8. The van der Waals surface area contributed by atoms with Gasteiger partial charge in [-0.05, 0) is 30.3 Å². The van der Waals surface area contributed by atoms with Crippen LogP contribution in [0.1, 0.15) is 15.9 Å². The van der Waals surface area contributed by atoms with E-state index in [4.69, 9.17) is 5.26 Å². The standard InChI is InChI=1S/C15H12N2O2/c1-17(13-6-3-7-14(18)9-13)15(19)12-5-2-4-11(8-12)10-16/h2-9,18H,1H3. The molecule has 0 aliphatic heterocycles. The average Bonchev–Trinajstić information content (AvgIpc) is 2.45. The lowest BCUT2D eigenvalue weighted by Crippen LogP contribution is -2.26. The molecule has 4 heteroatoms. The Kier molecular flexibility index (Phi) is 3.48. The third kappa shape index (κ3) is 2.72. The smallest absolute Gasteiger partial charge is 0.258 e. The lowest BCUT2D eigenvalue weighted by Gasteiger charge is -2.17. The molecular weight excluding hydrogens is 240 g/mol. The highest BCUT2D eigenvalue weighted by Crippen LogP contribution is 2.20. The van der Waals surface area contributed by atoms with Crippen LogP contribution in [0.15, 0.2) is 48.5 Å². The average molecular weight is 252 g/mol. The first-order valence-corrected chi connectivity index (χ1v) is 5.69. The van der Waals surface area contributed by atoms with E-state index in [1.807, 2.05) is 6.07 Å². The van der Waals surface area contributed by atoms with Crippen LogP contribution in [0.3, 0.4) is 0 Å². The Balaban J connectivity index is 2.31. The van der Waals surface area contributed by atoms with Gasteiger partial charge in [0.05, 0.1) is 11.6 Å². The summed E-state index contributed by atoms with van der Waals surface area (Å²) in [5.41, 5.74) is 1.47. The topological polar surface area (TPSA) is 64.3 Å². The van der Waals surface area contributed by atoms with Crippen molar-refractivity contribution in [1.29, 1.82) is 5.26 Å². The quantitative estimate of drug-likeness (QED) is 0.893. The summed E-state index contributed by atoms with van der Waals surface area (Å²) in [6.07, 6.45) is 0. The molecule has 94 valence electrons. The molecule has 1 amide bonds. The number of hydrogen-bond acceptors (Lipinski definition) is 3. The lowest BCUT2D eigenvalue weighted by atomic mass is 10.1. The van der Waals surface area contributed by atoms with Crippen molar-refractivity contribution in [3.8, 4) is 11.8 Å². The Morgan fingerprint density at radius 3 is 2.63 bits per heavy atom. The van der Waals surface area contributed by atoms with Crippen LogP contribution in [-0.4, -0.2) is 18.1 Å². The van der Waals surface area contributed by atoms with Crippen LogP contribution in [0.5, 0.6) is 5.75 Å². The molecule has 1 N–H and O–H groups in total. The molecule has 0 saturated heterocycles. The van der Waals surface area contributed by atoms with Crippen LogP contribution in [0.2, 0.25) is 0 Å². The fourth-order valence-corrected chi connectivity index (χ4v) is 1.73. The van der Waals surface area contributed by atoms with Crippen molar-refractivity contribution in [1.82, 2.24) is 0 Å². The van der Waals surface area contributed by atoms with E-state index < -0.39 is 0 Å². The summed E-state index contributed by atoms with van der Waals surface area (Å²) in [7, 11) is 1.62. The highest BCUT2D eigenvalue weighted by atomic mass is 16.3. The number of phenolic OH excluding ortho intramolecular Hbond substituents is 1. The van der Waals surface area contributed by atoms with Crippen LogP contribution >= 0.6 is 0 Å². The van der Waals surface area contributed by atoms with Crippen LogP contribution in [0, 0.1) is 11.3 Å². The zero-order valence-corrected chi connectivity index (χ0v) is 10.4. The van der Waals surface area contributed by atoms with E-state index in [1.165, 1.54) is 17.0 Å². The molecule has 2 rings (SSSR count). The first kappa shape index (κ1) is 12.7. The van der Waals surface area contributed by atoms with Gasteiger partial charge in [-0.25, -0.2) is 0 Å². The van der Waals surface area contributed by atoms with Gasteiger partial charge < -0.3 is 10.0 Å². The minimum atomic E-state index is -0.234. The maximum atomic E-state index is 12.3. The van der Waals surface area contributed by atoms with Crippen molar-refractivity contribution in [3.63, 3.8) is 0 Å². The molecule has 0 aliphatic rings. The fourth-order valence-electron chi connectivity index (χ4n) is 1.73. The van der Waals surface area contributed by atoms with Crippen molar-refractivity contribution in [2.45, 2.75) is 0 Å². The van der Waals surface area contributed by atoms with Crippen molar-refractivity contribution in [2.24, 2.45) is 0 Å². The van der Waals surface area contributed by atoms with Crippen molar-refractivity contribution < 1.29 is 9.90 Å². The second-order valence-corrected chi connectivity index (χ2v) is 4.08. The Hall–Kier alpha value is -2.80. The van der Waals surface area contributed by atoms with E-state index in [1.54, 1.807) is 43.4 Å². The van der Waals surface area contributed by atoms with E-state index in [9.17, 15) is 9.90 Å². The predicted octanol–water partition coefficient (Wildman–Crippen LogP) is 2.54. The molecule has 0 aromatic heterocycles. The number of amides is 1. The molecule has 0 spiro atoms. The van der Waals surface area contributed by atoms with Gasteiger partial charge in [0, 0.05) is 24.4 Å². The number of nitrogens with zero attached hydrogens (tertiary/aromatic N) is 2. The van der Waals surface area contributed by atoms with E-state index >= 15 is 0 Å². The van der Waals surface area contributed by atoms with Crippen molar-refractivity contribution in [3.05, 3.63) is 59.7 Å². The fraction of sp³-hybridized carbons (Fsp3) is 0.0667. The number of hydrogen-bond donors (Lipinski definition) is 1. The molecule has 0 heterocycles. The number of carbonyl (C=O) groups excluding carboxylic acids is 1. The highest BCUT2D eigenvalue weighted by Gasteiger charge is 2.14. The Morgan fingerprint density at radius 1 is 1.21 bits per heavy atom. The second-order valence-electron chi connectivity index (χ2n) is 4.08. The number of rotatable bonds is 2. The number of carbonyl (C=O) groups is 1. The molecule has 19 heavy (non-hydrogen) atoms. The van der Waals surface area contributed by atoms with Crippen LogP contribution < -0.4 is 4.90 Å². The molecule has 0 bridgehead atoms. The monoisotopic (exact) mass is 252 g/mol. The predicted molar refractivity (Wildman–Crippen MR) is 72.0 cm³/mol. The van der Waals surface area contributed by atoms with E-state index in [0.29, 0.717) is 16.8 Å². The third-order valence-corrected chi connectivity index (χ3v) is 2.76. The molecule has 2 aromatic rings. The maximum Gasteiger partial charge on any atom is 0.258 e. The summed E-state index contributed by atoms with van der Waals surface area (Å²) < 4.78 is 0. The molecule has 0 fully saturated rings. The molecule has 2 aromatic carbocycles. The summed E-state index contributed by atoms with van der Waals surface area (Å²) >= 11 is 0. The highest BCUT2D eigenvalue weighted by molar-refractivity contribution is 6.05. The van der Waals surface area contributed by atoms with Gasteiger partial charge in [0.2, 0.25) is 0 Å². The Morgan fingerprint density at radius 2 is 1.95 bits per heavy atom. The molecule has 0 atom stereocenters. The second kappa shape index (κ2) is 5.23. The summed E-state index contributed by atoms with van der Waals surface area (Å²) in [6.45, 7) is 0. The van der Waals surface area contributed by atoms with E-state index in [0.717, 1.165) is 0 Å². The number of anilines is 1. The maximum absolute atomic E-state index is 12.3. The molecule has 0 unspecified atom stereocenters. The van der Waals surface area contributed by atoms with E-state index in [2.05, 4.69) is 0 Å². The minimum Gasteiger partial charge on any atom is -0.508 e.